The second-order valence-corrected chi connectivity index (χ2v) is 7.30. The molecule has 5 nitrogen and oxygen atoms in total. The number of carbonyl (C=O) groups excluding carboxylic acids is 1. The maximum atomic E-state index is 11.3. The zero-order chi connectivity index (χ0) is 17.6. The van der Waals surface area contributed by atoms with Gasteiger partial charge in [-0.15, -0.1) is 12.4 Å². The first-order valence-electron chi connectivity index (χ1n) is 9.92. The number of amides is 1. The number of carbonyl (C=O) groups is 1. The molecular weight excluding hydrogens is 348 g/mol. The van der Waals surface area contributed by atoms with Crippen LogP contribution in [0.1, 0.15) is 57.6 Å². The van der Waals surface area contributed by atoms with Crippen molar-refractivity contribution >= 4 is 24.6 Å². The molecule has 26 heavy (non-hydrogen) atoms. The quantitative estimate of drug-likeness (QED) is 0.708. The van der Waals surface area contributed by atoms with Crippen molar-refractivity contribution in [2.24, 2.45) is 0 Å². The predicted molar refractivity (Wildman–Crippen MR) is 109 cm³/mol. The molecule has 0 aliphatic carbocycles. The van der Waals surface area contributed by atoms with E-state index >= 15 is 0 Å². The van der Waals surface area contributed by atoms with Crippen molar-refractivity contribution in [1.29, 1.82) is 0 Å². The number of piperidine rings is 1. The molecule has 0 saturated carbocycles. The van der Waals surface area contributed by atoms with Gasteiger partial charge in [-0.2, -0.15) is 0 Å². The van der Waals surface area contributed by atoms with Crippen LogP contribution in [0.4, 0.5) is 5.82 Å². The first-order chi connectivity index (χ1) is 12.3. The number of anilines is 1. The van der Waals surface area contributed by atoms with Crippen molar-refractivity contribution in [3.8, 4) is 0 Å². The Labute approximate surface area is 164 Å². The Balaban J connectivity index is 0.00000243. The Kier molecular flexibility index (Phi) is 8.16. The minimum Gasteiger partial charge on any atom is -0.354 e. The average Bonchev–Trinajstić information content (AvgIpc) is 2.69. The molecule has 0 spiro atoms. The summed E-state index contributed by atoms with van der Waals surface area (Å²) in [6, 6.07) is 5.24. The zero-order valence-electron chi connectivity index (χ0n) is 16.1. The molecule has 146 valence electrons. The van der Waals surface area contributed by atoms with E-state index in [-0.39, 0.29) is 18.4 Å². The van der Waals surface area contributed by atoms with Gasteiger partial charge < -0.3 is 9.80 Å². The summed E-state index contributed by atoms with van der Waals surface area (Å²) in [5.41, 5.74) is 1.17. The number of halogens is 1. The van der Waals surface area contributed by atoms with Crippen molar-refractivity contribution in [2.45, 2.75) is 58.0 Å². The van der Waals surface area contributed by atoms with Gasteiger partial charge in [0.1, 0.15) is 5.82 Å². The number of likely N-dealkylation sites (tertiary alicyclic amines) is 1. The zero-order valence-corrected chi connectivity index (χ0v) is 17.0. The molecule has 3 rings (SSSR count). The number of nitrogens with zero attached hydrogens (tertiary/aromatic N) is 4. The summed E-state index contributed by atoms with van der Waals surface area (Å²) in [6.07, 6.45) is 8.80. The molecule has 2 aliphatic heterocycles. The van der Waals surface area contributed by atoms with Crippen LogP contribution in [0.2, 0.25) is 0 Å². The Bertz CT molecular complexity index is 541. The lowest BCUT2D eigenvalue weighted by molar-refractivity contribution is -0.121. The molecule has 1 aromatic heterocycles. The normalized spacial score (nSPS) is 21.6. The van der Waals surface area contributed by atoms with Crippen molar-refractivity contribution in [1.82, 2.24) is 14.8 Å². The third kappa shape index (κ3) is 4.68. The fraction of sp³-hybridized carbons (Fsp3) is 0.700. The van der Waals surface area contributed by atoms with Gasteiger partial charge in [0.25, 0.3) is 0 Å². The van der Waals surface area contributed by atoms with Gasteiger partial charge in [0.2, 0.25) is 6.41 Å². The summed E-state index contributed by atoms with van der Waals surface area (Å²) in [4.78, 5) is 22.9. The third-order valence-electron chi connectivity index (χ3n) is 5.93. The monoisotopic (exact) mass is 380 g/mol. The summed E-state index contributed by atoms with van der Waals surface area (Å²) in [5, 5.41) is 0. The van der Waals surface area contributed by atoms with Crippen LogP contribution in [0.15, 0.2) is 18.3 Å². The highest BCUT2D eigenvalue weighted by Crippen LogP contribution is 2.30. The fourth-order valence-electron chi connectivity index (χ4n) is 4.34. The molecule has 1 amide bonds. The maximum Gasteiger partial charge on any atom is 0.210 e. The summed E-state index contributed by atoms with van der Waals surface area (Å²) in [5.74, 6) is 1.07. The standard InChI is InChI=1S/C20H32N4O.ClH/c1-3-18(4-2)22-11-13-23(14-12-22)20-9-8-17(15-21-20)19-7-5-6-10-24(19)16-25;/h8-9,15-16,18-19H,3-7,10-14H2,1-2H3;1H. The van der Waals surface area contributed by atoms with Crippen LogP contribution in [-0.2, 0) is 4.79 Å². The number of hydrogen-bond acceptors (Lipinski definition) is 4. The lowest BCUT2D eigenvalue weighted by Crippen LogP contribution is -2.50. The van der Waals surface area contributed by atoms with Crippen LogP contribution in [-0.4, -0.2) is 60.0 Å². The molecule has 3 heterocycles. The van der Waals surface area contributed by atoms with Gasteiger partial charge >= 0.3 is 0 Å². The Morgan fingerprint density at radius 2 is 1.85 bits per heavy atom. The van der Waals surface area contributed by atoms with E-state index < -0.39 is 0 Å². The van der Waals surface area contributed by atoms with Gasteiger partial charge in [0.05, 0.1) is 6.04 Å². The largest absolute Gasteiger partial charge is 0.354 e. The maximum absolute atomic E-state index is 11.3. The van der Waals surface area contributed by atoms with Crippen molar-refractivity contribution in [2.75, 3.05) is 37.6 Å². The second kappa shape index (κ2) is 10.1. The number of rotatable bonds is 6. The molecule has 2 saturated heterocycles. The van der Waals surface area contributed by atoms with E-state index in [1.165, 1.54) is 24.8 Å². The van der Waals surface area contributed by atoms with Crippen LogP contribution in [0.5, 0.6) is 0 Å². The molecule has 2 aliphatic rings. The Hall–Kier alpha value is -1.33. The number of aromatic nitrogens is 1. The van der Waals surface area contributed by atoms with E-state index in [1.807, 2.05) is 11.1 Å². The van der Waals surface area contributed by atoms with Gasteiger partial charge in [-0.05, 0) is 43.7 Å². The van der Waals surface area contributed by atoms with Crippen LogP contribution < -0.4 is 4.90 Å². The number of pyridine rings is 1. The first kappa shape index (κ1) is 21.0. The predicted octanol–water partition coefficient (Wildman–Crippen LogP) is 3.50. The van der Waals surface area contributed by atoms with Crippen LogP contribution >= 0.6 is 12.4 Å². The van der Waals surface area contributed by atoms with E-state index in [9.17, 15) is 4.79 Å². The van der Waals surface area contributed by atoms with Gasteiger partial charge in [-0.3, -0.25) is 9.69 Å². The van der Waals surface area contributed by atoms with E-state index in [4.69, 9.17) is 4.98 Å². The molecule has 6 heteroatoms. The third-order valence-corrected chi connectivity index (χ3v) is 5.93. The SMILES string of the molecule is CCC(CC)N1CCN(c2ccc(C3CCCCN3C=O)cn2)CC1.Cl. The molecular formula is C20H33ClN4O. The lowest BCUT2D eigenvalue weighted by Gasteiger charge is -2.39. The molecule has 0 aromatic carbocycles. The molecule has 2 fully saturated rings. The van der Waals surface area contributed by atoms with Crippen LogP contribution in [0.25, 0.3) is 0 Å². The van der Waals surface area contributed by atoms with Crippen LogP contribution in [0, 0.1) is 0 Å². The Morgan fingerprint density at radius 3 is 2.42 bits per heavy atom. The highest BCUT2D eigenvalue weighted by molar-refractivity contribution is 5.85. The first-order valence-corrected chi connectivity index (χ1v) is 9.92. The molecule has 0 N–H and O–H groups in total. The highest BCUT2D eigenvalue weighted by atomic mass is 35.5. The average molecular weight is 381 g/mol. The lowest BCUT2D eigenvalue weighted by atomic mass is 9.97. The minimum atomic E-state index is 0. The second-order valence-electron chi connectivity index (χ2n) is 7.30. The van der Waals surface area contributed by atoms with E-state index in [2.05, 4.69) is 35.8 Å². The molecule has 1 aromatic rings. The Morgan fingerprint density at radius 1 is 1.12 bits per heavy atom. The molecule has 0 bridgehead atoms. The molecule has 1 unspecified atom stereocenters. The van der Waals surface area contributed by atoms with Gasteiger partial charge in [0, 0.05) is 45.0 Å². The van der Waals surface area contributed by atoms with Crippen molar-refractivity contribution in [3.05, 3.63) is 23.9 Å². The summed E-state index contributed by atoms with van der Waals surface area (Å²) < 4.78 is 0. The number of piperazine rings is 1. The van der Waals surface area contributed by atoms with E-state index in [1.54, 1.807) is 0 Å². The van der Waals surface area contributed by atoms with Gasteiger partial charge in [-0.25, -0.2) is 4.98 Å². The van der Waals surface area contributed by atoms with E-state index in [0.717, 1.165) is 63.8 Å². The fourth-order valence-corrected chi connectivity index (χ4v) is 4.34. The van der Waals surface area contributed by atoms with E-state index in [0.29, 0.717) is 0 Å². The topological polar surface area (TPSA) is 39.7 Å². The van der Waals surface area contributed by atoms with Gasteiger partial charge in [-0.1, -0.05) is 19.9 Å². The smallest absolute Gasteiger partial charge is 0.210 e. The summed E-state index contributed by atoms with van der Waals surface area (Å²) in [7, 11) is 0. The molecule has 0 radical (unpaired) electrons. The highest BCUT2D eigenvalue weighted by Gasteiger charge is 2.24. The molecule has 1 atom stereocenters. The van der Waals surface area contributed by atoms with Crippen molar-refractivity contribution in [3.63, 3.8) is 0 Å². The number of hydrogen-bond donors (Lipinski definition) is 0. The van der Waals surface area contributed by atoms with Gasteiger partial charge in [0.15, 0.2) is 0 Å². The van der Waals surface area contributed by atoms with Crippen molar-refractivity contribution < 1.29 is 4.79 Å². The summed E-state index contributed by atoms with van der Waals surface area (Å²) in [6.45, 7) is 9.78. The minimum absolute atomic E-state index is 0. The summed E-state index contributed by atoms with van der Waals surface area (Å²) >= 11 is 0. The van der Waals surface area contributed by atoms with Crippen LogP contribution in [0.3, 0.4) is 0 Å².